The van der Waals surface area contributed by atoms with Crippen LogP contribution in [0.15, 0.2) is 17.4 Å². The summed E-state index contributed by atoms with van der Waals surface area (Å²) >= 11 is 0. The Balaban J connectivity index is 1.84. The number of rotatable bonds is 2. The molecule has 8 nitrogen and oxygen atoms in total. The lowest BCUT2D eigenvalue weighted by Gasteiger charge is -2.38. The predicted molar refractivity (Wildman–Crippen MR) is 69.6 cm³/mol. The van der Waals surface area contributed by atoms with Crippen molar-refractivity contribution in [2.45, 2.75) is 18.6 Å². The Morgan fingerprint density at radius 3 is 2.78 bits per heavy atom. The van der Waals surface area contributed by atoms with Crippen molar-refractivity contribution in [2.75, 3.05) is 26.3 Å². The fourth-order valence-corrected chi connectivity index (χ4v) is 2.54. The number of imidazole rings is 1. The van der Waals surface area contributed by atoms with Gasteiger partial charge in [-0.15, -0.1) is 0 Å². The van der Waals surface area contributed by atoms with Crippen molar-refractivity contribution < 1.29 is 22.6 Å². The maximum absolute atomic E-state index is 12.9. The molecule has 1 aromatic heterocycles. The molecule has 0 aromatic carbocycles. The average Bonchev–Trinajstić information content (AvgIpc) is 3.12. The van der Waals surface area contributed by atoms with Crippen molar-refractivity contribution in [2.24, 2.45) is 4.99 Å². The summed E-state index contributed by atoms with van der Waals surface area (Å²) in [6, 6.07) is 0. The molecule has 1 spiro atoms. The van der Waals surface area contributed by atoms with E-state index in [1.165, 1.54) is 11.1 Å². The Morgan fingerprint density at radius 1 is 1.39 bits per heavy atom. The van der Waals surface area contributed by atoms with E-state index in [4.69, 9.17) is 14.7 Å². The normalized spacial score (nSPS) is 20.4. The van der Waals surface area contributed by atoms with Crippen LogP contribution >= 0.6 is 0 Å². The van der Waals surface area contributed by atoms with E-state index in [0.29, 0.717) is 13.2 Å². The van der Waals surface area contributed by atoms with Crippen molar-refractivity contribution >= 4 is 5.96 Å². The first kappa shape index (κ1) is 15.6. The smallest absolute Gasteiger partial charge is 0.344 e. The largest absolute Gasteiger partial charge is 0.449 e. The number of hydrogen-bond donors (Lipinski definition) is 1. The van der Waals surface area contributed by atoms with Crippen molar-refractivity contribution in [3.8, 4) is 6.19 Å². The highest BCUT2D eigenvalue weighted by Crippen LogP contribution is 2.29. The Kier molecular flexibility index (Phi) is 3.87. The van der Waals surface area contributed by atoms with Crippen LogP contribution in [0.25, 0.3) is 0 Å². The zero-order valence-corrected chi connectivity index (χ0v) is 11.9. The third kappa shape index (κ3) is 3.08. The molecular weight excluding hydrogens is 317 g/mol. The molecule has 0 saturated carbocycles. The van der Waals surface area contributed by atoms with Gasteiger partial charge < -0.3 is 18.9 Å². The quantitative estimate of drug-likeness (QED) is 0.622. The number of aromatic nitrogens is 2. The molecule has 3 heterocycles. The van der Waals surface area contributed by atoms with Gasteiger partial charge in [-0.1, -0.05) is 0 Å². The topological polar surface area (TPSA) is 87.7 Å². The summed E-state index contributed by atoms with van der Waals surface area (Å²) in [6.45, 7) is 0.906. The highest BCUT2D eigenvalue weighted by atomic mass is 19.4. The van der Waals surface area contributed by atoms with Gasteiger partial charge in [0.15, 0.2) is 6.19 Å². The number of nitrogens with one attached hydrogen (secondary N) is 1. The van der Waals surface area contributed by atoms with Crippen LogP contribution in [0, 0.1) is 11.5 Å². The zero-order chi connectivity index (χ0) is 16.5. The lowest BCUT2D eigenvalue weighted by Crippen LogP contribution is -2.55. The number of halogens is 3. The first-order valence-electron chi connectivity index (χ1n) is 6.74. The maximum Gasteiger partial charge on any atom is 0.449 e. The van der Waals surface area contributed by atoms with Crippen LogP contribution in [0.2, 0.25) is 0 Å². The fraction of sp³-hybridized carbons (Fsp3) is 0.583. The van der Waals surface area contributed by atoms with Crippen molar-refractivity contribution in [1.29, 1.82) is 5.26 Å². The van der Waals surface area contributed by atoms with E-state index < -0.39 is 17.8 Å². The predicted octanol–water partition coefficient (Wildman–Crippen LogP) is 0.345. The minimum atomic E-state index is -4.57. The van der Waals surface area contributed by atoms with Crippen LogP contribution in [0.4, 0.5) is 13.2 Å². The molecule has 23 heavy (non-hydrogen) atoms. The van der Waals surface area contributed by atoms with Gasteiger partial charge in [0.2, 0.25) is 17.6 Å². The summed E-state index contributed by atoms with van der Waals surface area (Å²) in [5, 5.41) is 11.1. The fourth-order valence-electron chi connectivity index (χ4n) is 2.54. The lowest BCUT2D eigenvalue weighted by atomic mass is 10.2. The van der Waals surface area contributed by atoms with Crippen LogP contribution < -0.4 is 5.32 Å². The van der Waals surface area contributed by atoms with Gasteiger partial charge >= 0.3 is 6.18 Å². The van der Waals surface area contributed by atoms with E-state index >= 15 is 0 Å². The highest BCUT2D eigenvalue weighted by Gasteiger charge is 2.43. The molecule has 2 aliphatic heterocycles. The summed E-state index contributed by atoms with van der Waals surface area (Å²) in [5.74, 6) is -1.85. The van der Waals surface area contributed by atoms with E-state index in [0.717, 1.165) is 10.8 Å². The van der Waals surface area contributed by atoms with Crippen molar-refractivity contribution in [3.05, 3.63) is 18.2 Å². The number of nitriles is 1. The zero-order valence-electron chi connectivity index (χ0n) is 11.9. The lowest BCUT2D eigenvalue weighted by molar-refractivity contribution is -0.164. The van der Waals surface area contributed by atoms with E-state index in [-0.39, 0.29) is 25.7 Å². The number of guanidine groups is 1. The summed E-state index contributed by atoms with van der Waals surface area (Å²) < 4.78 is 50.8. The molecule has 0 bridgehead atoms. The summed E-state index contributed by atoms with van der Waals surface area (Å²) in [4.78, 5) is 8.94. The van der Waals surface area contributed by atoms with E-state index in [9.17, 15) is 13.2 Å². The molecular formula is C12H13F3N6O2. The van der Waals surface area contributed by atoms with Crippen LogP contribution in [0.1, 0.15) is 5.82 Å². The van der Waals surface area contributed by atoms with Crippen LogP contribution in [0.3, 0.4) is 0 Å². The van der Waals surface area contributed by atoms with Gasteiger partial charge in [0.25, 0.3) is 0 Å². The molecule has 1 N–H and O–H groups in total. The third-order valence-corrected chi connectivity index (χ3v) is 3.47. The minimum absolute atomic E-state index is 0.149. The second kappa shape index (κ2) is 5.71. The van der Waals surface area contributed by atoms with E-state index in [1.54, 1.807) is 6.19 Å². The first-order chi connectivity index (χ1) is 10.9. The molecule has 0 aliphatic carbocycles. The van der Waals surface area contributed by atoms with Gasteiger partial charge in [0.05, 0.1) is 33.0 Å². The Hall–Kier alpha value is -2.32. The number of ether oxygens (including phenoxy) is 2. The molecule has 1 aromatic rings. The molecule has 124 valence electrons. The second-order valence-electron chi connectivity index (χ2n) is 5.04. The van der Waals surface area contributed by atoms with Crippen molar-refractivity contribution in [3.63, 3.8) is 0 Å². The van der Waals surface area contributed by atoms with Gasteiger partial charge in [0.1, 0.15) is 0 Å². The summed E-state index contributed by atoms with van der Waals surface area (Å²) in [5.41, 5.74) is 0. The van der Waals surface area contributed by atoms with E-state index in [1.807, 2.05) is 0 Å². The number of aliphatic imine (C=N–C) groups is 1. The van der Waals surface area contributed by atoms with Gasteiger partial charge in [-0.25, -0.2) is 9.98 Å². The monoisotopic (exact) mass is 330 g/mol. The van der Waals surface area contributed by atoms with Crippen molar-refractivity contribution in [1.82, 2.24) is 19.8 Å². The molecule has 11 heteroatoms. The number of alkyl halides is 3. The van der Waals surface area contributed by atoms with Gasteiger partial charge in [-0.2, -0.15) is 18.4 Å². The minimum Gasteiger partial charge on any atom is -0.344 e. The molecule has 1 fully saturated rings. The van der Waals surface area contributed by atoms with Gasteiger partial charge in [-0.05, 0) is 0 Å². The third-order valence-electron chi connectivity index (χ3n) is 3.47. The van der Waals surface area contributed by atoms with Crippen LogP contribution in [-0.4, -0.2) is 52.5 Å². The van der Waals surface area contributed by atoms with Gasteiger partial charge in [0, 0.05) is 12.4 Å². The molecule has 1 saturated heterocycles. The second-order valence-corrected chi connectivity index (χ2v) is 5.04. The first-order valence-corrected chi connectivity index (χ1v) is 6.74. The van der Waals surface area contributed by atoms with Crippen LogP contribution in [-0.2, 0) is 22.3 Å². The Morgan fingerprint density at radius 2 is 2.13 bits per heavy atom. The molecule has 0 radical (unpaired) electrons. The molecule has 2 aliphatic rings. The molecule has 0 amide bonds. The Bertz CT molecular complexity index is 644. The molecule has 3 rings (SSSR count). The standard InChI is InChI=1S/C12H13F3N6O2/c13-12(14,15)9-17-1-2-20(9)8-21-6-11(22-3-4-23-11)5-18-10(21)19-7-16/h1-2H,3-6,8H2,(H,18,19). The average molecular weight is 330 g/mol. The summed E-state index contributed by atoms with van der Waals surface area (Å²) in [6.07, 6.45) is -0.571. The molecule has 0 atom stereocenters. The van der Waals surface area contributed by atoms with Gasteiger partial charge in [-0.3, -0.25) is 5.32 Å². The maximum atomic E-state index is 12.9. The molecule has 0 unspecified atom stereocenters. The number of nitrogens with zero attached hydrogens (tertiary/aromatic N) is 5. The summed E-state index contributed by atoms with van der Waals surface area (Å²) in [7, 11) is 0. The van der Waals surface area contributed by atoms with Crippen LogP contribution in [0.5, 0.6) is 0 Å². The van der Waals surface area contributed by atoms with E-state index in [2.05, 4.69) is 15.3 Å². The highest BCUT2D eigenvalue weighted by molar-refractivity contribution is 5.81. The SMILES string of the molecule is N#CNC1=NCC2(CN1Cn1ccnc1C(F)(F)F)OCCO2. The number of hydrogen-bond acceptors (Lipinski definition) is 7. The Labute approximate surface area is 129 Å².